The van der Waals surface area contributed by atoms with Crippen LogP contribution < -0.4 is 14.4 Å². The van der Waals surface area contributed by atoms with E-state index in [2.05, 4.69) is 14.8 Å². The van der Waals surface area contributed by atoms with Gasteiger partial charge >= 0.3 is 0 Å². The Morgan fingerprint density at radius 1 is 0.944 bits per heavy atom. The standard InChI is InChI=1S/C26H24ClF2N5O2/c1-35-20-6-2-17(3-7-20)16-36-26-25(31-23-14-30-24(27)13-22(23)32-26)34-10-8-33(9-11-34)15-18-4-5-19(28)12-21(18)29/h2-7,12-14H,8-11,15-16H2,1H3. The van der Waals surface area contributed by atoms with Crippen LogP contribution in [0.1, 0.15) is 11.1 Å². The van der Waals surface area contributed by atoms with Crippen LogP contribution in [0.4, 0.5) is 14.6 Å². The van der Waals surface area contributed by atoms with E-state index in [-0.39, 0.29) is 0 Å². The molecule has 0 unspecified atom stereocenters. The predicted molar refractivity (Wildman–Crippen MR) is 134 cm³/mol. The molecule has 2 aromatic heterocycles. The van der Waals surface area contributed by atoms with E-state index in [1.165, 1.54) is 12.1 Å². The van der Waals surface area contributed by atoms with E-state index in [4.69, 9.17) is 31.0 Å². The fourth-order valence-corrected chi connectivity index (χ4v) is 4.25. The normalized spacial score (nSPS) is 14.3. The van der Waals surface area contributed by atoms with Gasteiger partial charge in [0, 0.05) is 50.4 Å². The molecule has 10 heteroatoms. The van der Waals surface area contributed by atoms with Crippen LogP contribution in [-0.4, -0.2) is 53.1 Å². The first-order chi connectivity index (χ1) is 17.5. The van der Waals surface area contributed by atoms with Gasteiger partial charge in [-0.3, -0.25) is 4.90 Å². The number of piperazine rings is 1. The van der Waals surface area contributed by atoms with Crippen LogP contribution in [0.25, 0.3) is 11.0 Å². The van der Waals surface area contributed by atoms with Gasteiger partial charge in [-0.1, -0.05) is 29.8 Å². The molecular weight excluding hydrogens is 488 g/mol. The average molecular weight is 512 g/mol. The Balaban J connectivity index is 1.34. The van der Waals surface area contributed by atoms with Gasteiger partial charge in [-0.05, 0) is 23.8 Å². The number of halogens is 3. The maximum Gasteiger partial charge on any atom is 0.258 e. The zero-order chi connectivity index (χ0) is 25.1. The molecule has 1 aliphatic rings. The van der Waals surface area contributed by atoms with Gasteiger partial charge < -0.3 is 14.4 Å². The van der Waals surface area contributed by atoms with Crippen molar-refractivity contribution in [1.82, 2.24) is 19.9 Å². The third-order valence-electron chi connectivity index (χ3n) is 6.08. The molecule has 36 heavy (non-hydrogen) atoms. The monoisotopic (exact) mass is 511 g/mol. The molecule has 0 spiro atoms. The average Bonchev–Trinajstić information content (AvgIpc) is 2.89. The topological polar surface area (TPSA) is 63.6 Å². The highest BCUT2D eigenvalue weighted by Crippen LogP contribution is 2.29. The van der Waals surface area contributed by atoms with E-state index in [1.54, 1.807) is 19.4 Å². The van der Waals surface area contributed by atoms with Gasteiger partial charge in [0.25, 0.3) is 5.88 Å². The second-order valence-electron chi connectivity index (χ2n) is 8.48. The van der Waals surface area contributed by atoms with Crippen LogP contribution in [0.3, 0.4) is 0 Å². The van der Waals surface area contributed by atoms with Crippen molar-refractivity contribution in [3.8, 4) is 11.6 Å². The summed E-state index contributed by atoms with van der Waals surface area (Å²) in [6.07, 6.45) is 1.59. The molecule has 2 aromatic carbocycles. The molecule has 4 aromatic rings. The molecule has 0 atom stereocenters. The van der Waals surface area contributed by atoms with Crippen LogP contribution in [0.2, 0.25) is 5.15 Å². The van der Waals surface area contributed by atoms with Crippen molar-refractivity contribution in [2.24, 2.45) is 0 Å². The second-order valence-corrected chi connectivity index (χ2v) is 8.87. The van der Waals surface area contributed by atoms with Gasteiger partial charge in [0.1, 0.15) is 34.7 Å². The van der Waals surface area contributed by atoms with E-state index in [0.717, 1.165) is 17.4 Å². The van der Waals surface area contributed by atoms with Gasteiger partial charge in [-0.15, -0.1) is 0 Å². The van der Waals surface area contributed by atoms with E-state index >= 15 is 0 Å². The van der Waals surface area contributed by atoms with Crippen molar-refractivity contribution in [3.05, 3.63) is 82.6 Å². The smallest absolute Gasteiger partial charge is 0.258 e. The summed E-state index contributed by atoms with van der Waals surface area (Å²) in [5.74, 6) is 0.684. The summed E-state index contributed by atoms with van der Waals surface area (Å²) in [6.45, 7) is 3.35. The first kappa shape index (κ1) is 24.1. The van der Waals surface area contributed by atoms with Crippen LogP contribution in [-0.2, 0) is 13.2 Å². The van der Waals surface area contributed by atoms with Crippen molar-refractivity contribution in [3.63, 3.8) is 0 Å². The molecule has 1 aliphatic heterocycles. The number of rotatable bonds is 7. The van der Waals surface area contributed by atoms with Gasteiger partial charge in [-0.2, -0.15) is 0 Å². The van der Waals surface area contributed by atoms with Crippen molar-refractivity contribution in [1.29, 1.82) is 0 Å². The fraction of sp³-hybridized carbons (Fsp3) is 0.269. The SMILES string of the molecule is COc1ccc(COc2nc3cc(Cl)ncc3nc2N2CCN(Cc3ccc(F)cc3F)CC2)cc1. The Labute approximate surface area is 212 Å². The van der Waals surface area contributed by atoms with Gasteiger partial charge in [0.2, 0.25) is 0 Å². The first-order valence-electron chi connectivity index (χ1n) is 11.5. The van der Waals surface area contributed by atoms with Crippen LogP contribution in [0, 0.1) is 11.6 Å². The molecule has 1 fully saturated rings. The van der Waals surface area contributed by atoms with Crippen molar-refractivity contribution >= 4 is 28.5 Å². The summed E-state index contributed by atoms with van der Waals surface area (Å²) in [5, 5.41) is 0.326. The highest BCUT2D eigenvalue weighted by molar-refractivity contribution is 6.29. The lowest BCUT2D eigenvalue weighted by Gasteiger charge is -2.35. The minimum absolute atomic E-state index is 0.305. The van der Waals surface area contributed by atoms with Crippen molar-refractivity contribution in [2.75, 3.05) is 38.2 Å². The summed E-state index contributed by atoms with van der Waals surface area (Å²) >= 11 is 6.07. The number of pyridine rings is 1. The number of anilines is 1. The number of methoxy groups -OCH3 is 1. The third kappa shape index (κ3) is 5.47. The lowest BCUT2D eigenvalue weighted by atomic mass is 10.2. The summed E-state index contributed by atoms with van der Waals surface area (Å²) < 4.78 is 38.7. The summed E-state index contributed by atoms with van der Waals surface area (Å²) in [4.78, 5) is 17.8. The van der Waals surface area contributed by atoms with Crippen LogP contribution >= 0.6 is 11.6 Å². The van der Waals surface area contributed by atoms with Gasteiger partial charge in [-0.25, -0.2) is 23.7 Å². The van der Waals surface area contributed by atoms with Crippen molar-refractivity contribution in [2.45, 2.75) is 13.2 Å². The quantitative estimate of drug-likeness (QED) is 0.328. The Kier molecular flexibility index (Phi) is 7.11. The summed E-state index contributed by atoms with van der Waals surface area (Å²) in [6, 6.07) is 13.0. The number of hydrogen-bond acceptors (Lipinski definition) is 7. The Morgan fingerprint density at radius 3 is 2.44 bits per heavy atom. The molecular formula is C26H24ClF2N5O2. The van der Waals surface area contributed by atoms with Crippen LogP contribution in [0.15, 0.2) is 54.7 Å². The maximum absolute atomic E-state index is 14.1. The lowest BCUT2D eigenvalue weighted by molar-refractivity contribution is 0.243. The molecule has 0 amide bonds. The molecule has 0 saturated carbocycles. The fourth-order valence-electron chi connectivity index (χ4n) is 4.09. The van der Waals surface area contributed by atoms with E-state index in [0.29, 0.717) is 72.8 Å². The third-order valence-corrected chi connectivity index (χ3v) is 6.29. The molecule has 0 radical (unpaired) electrons. The molecule has 3 heterocycles. The molecule has 186 valence electrons. The number of aromatic nitrogens is 3. The molecule has 5 rings (SSSR count). The number of ether oxygens (including phenoxy) is 2. The lowest BCUT2D eigenvalue weighted by Crippen LogP contribution is -2.46. The molecule has 0 N–H and O–H groups in total. The number of hydrogen-bond donors (Lipinski definition) is 0. The molecule has 1 saturated heterocycles. The zero-order valence-corrected chi connectivity index (χ0v) is 20.4. The Bertz CT molecular complexity index is 1360. The van der Waals surface area contributed by atoms with Crippen molar-refractivity contribution < 1.29 is 18.3 Å². The predicted octanol–water partition coefficient (Wildman–Crippen LogP) is 4.87. The molecule has 0 bridgehead atoms. The minimum Gasteiger partial charge on any atom is -0.497 e. The van der Waals surface area contributed by atoms with E-state index in [1.807, 2.05) is 24.3 Å². The van der Waals surface area contributed by atoms with Gasteiger partial charge in [0.05, 0.1) is 18.8 Å². The summed E-state index contributed by atoms with van der Waals surface area (Å²) in [5.41, 5.74) is 2.64. The highest BCUT2D eigenvalue weighted by atomic mass is 35.5. The minimum atomic E-state index is -0.575. The highest BCUT2D eigenvalue weighted by Gasteiger charge is 2.24. The van der Waals surface area contributed by atoms with Gasteiger partial charge in [0.15, 0.2) is 5.82 Å². The Hall–Kier alpha value is -3.56. The largest absolute Gasteiger partial charge is 0.497 e. The number of fused-ring (bicyclic) bond motifs is 1. The number of nitrogens with zero attached hydrogens (tertiary/aromatic N) is 5. The second kappa shape index (κ2) is 10.6. The molecule has 7 nitrogen and oxygen atoms in total. The maximum atomic E-state index is 14.1. The first-order valence-corrected chi connectivity index (χ1v) is 11.9. The summed E-state index contributed by atoms with van der Waals surface area (Å²) in [7, 11) is 1.62. The number of benzene rings is 2. The van der Waals surface area contributed by atoms with E-state index in [9.17, 15) is 8.78 Å². The molecule has 0 aliphatic carbocycles. The van der Waals surface area contributed by atoms with Crippen LogP contribution in [0.5, 0.6) is 11.6 Å². The Morgan fingerprint density at radius 2 is 1.72 bits per heavy atom. The van der Waals surface area contributed by atoms with E-state index < -0.39 is 11.6 Å². The zero-order valence-electron chi connectivity index (χ0n) is 19.6.